The van der Waals surface area contributed by atoms with E-state index in [0.717, 1.165) is 32.2 Å². The second-order valence-electron chi connectivity index (χ2n) is 7.68. The van der Waals surface area contributed by atoms with E-state index < -0.39 is 0 Å². The van der Waals surface area contributed by atoms with Crippen molar-refractivity contribution >= 4 is 43.1 Å². The van der Waals surface area contributed by atoms with Gasteiger partial charge in [-0.15, -0.1) is 22.7 Å². The summed E-state index contributed by atoms with van der Waals surface area (Å²) in [4.78, 5) is 28.4. The molecule has 5 rings (SSSR count). The maximum Gasteiger partial charge on any atom is 0.268 e. The van der Waals surface area contributed by atoms with E-state index in [4.69, 9.17) is 14.7 Å². The Balaban J connectivity index is 1.40. The Labute approximate surface area is 193 Å². The van der Waals surface area contributed by atoms with Gasteiger partial charge in [0.25, 0.3) is 5.56 Å². The molecular formula is C24H22N4O2S2. The Hall–Kier alpha value is -3.07. The summed E-state index contributed by atoms with van der Waals surface area (Å²) >= 11 is 3.16. The van der Waals surface area contributed by atoms with Gasteiger partial charge in [0.1, 0.15) is 21.3 Å². The van der Waals surface area contributed by atoms with Crippen LogP contribution in [0.2, 0.25) is 0 Å². The van der Waals surface area contributed by atoms with Gasteiger partial charge in [0, 0.05) is 4.88 Å². The number of nitrogens with one attached hydrogen (secondary N) is 1. The van der Waals surface area contributed by atoms with Crippen LogP contribution < -0.4 is 10.3 Å². The minimum Gasteiger partial charge on any atom is -0.497 e. The summed E-state index contributed by atoms with van der Waals surface area (Å²) in [7, 11) is 3.67. The van der Waals surface area contributed by atoms with Crippen LogP contribution in [0, 0.1) is 0 Å². The van der Waals surface area contributed by atoms with Crippen molar-refractivity contribution in [2.24, 2.45) is 0 Å². The molecule has 0 fully saturated rings. The van der Waals surface area contributed by atoms with E-state index >= 15 is 0 Å². The molecule has 8 heteroatoms. The molecule has 5 aromatic rings. The molecule has 6 nitrogen and oxygen atoms in total. The highest BCUT2D eigenvalue weighted by atomic mass is 32.1. The molecule has 0 amide bonds. The van der Waals surface area contributed by atoms with Gasteiger partial charge in [-0.05, 0) is 62.0 Å². The Kier molecular flexibility index (Phi) is 5.50. The Bertz CT molecular complexity index is 1420. The van der Waals surface area contributed by atoms with Crippen LogP contribution in [0.15, 0.2) is 59.4 Å². The number of benzene rings is 2. The van der Waals surface area contributed by atoms with Gasteiger partial charge in [-0.2, -0.15) is 0 Å². The van der Waals surface area contributed by atoms with Gasteiger partial charge in [-0.1, -0.05) is 12.1 Å². The van der Waals surface area contributed by atoms with Crippen LogP contribution in [0.25, 0.3) is 30.9 Å². The summed E-state index contributed by atoms with van der Waals surface area (Å²) in [6.45, 7) is 2.65. The number of hydrogen-bond donors (Lipinski definition) is 1. The summed E-state index contributed by atoms with van der Waals surface area (Å²) in [6, 6.07) is 18.1. The fourth-order valence-electron chi connectivity index (χ4n) is 3.59. The molecule has 0 aliphatic heterocycles. The van der Waals surface area contributed by atoms with Crippen LogP contribution in [0.4, 0.5) is 0 Å². The van der Waals surface area contributed by atoms with Gasteiger partial charge in [-0.3, -0.25) is 9.69 Å². The fourth-order valence-corrected chi connectivity index (χ4v) is 5.67. The molecule has 162 valence electrons. The molecule has 1 unspecified atom stereocenters. The first-order valence-corrected chi connectivity index (χ1v) is 11.9. The molecule has 1 N–H and O–H groups in total. The largest absolute Gasteiger partial charge is 0.497 e. The van der Waals surface area contributed by atoms with E-state index in [2.05, 4.69) is 22.9 Å². The zero-order valence-corrected chi connectivity index (χ0v) is 19.6. The number of aromatic nitrogens is 3. The van der Waals surface area contributed by atoms with Crippen molar-refractivity contribution in [3.63, 3.8) is 0 Å². The number of ether oxygens (including phenoxy) is 1. The van der Waals surface area contributed by atoms with Gasteiger partial charge in [0.15, 0.2) is 0 Å². The normalized spacial score (nSPS) is 12.6. The molecule has 0 radical (unpaired) electrons. The van der Waals surface area contributed by atoms with E-state index in [1.54, 1.807) is 18.4 Å². The SMILES string of the molecule is COc1ccc(-c2cc3nc(CN(C)C(C)c4nc5ccccc5s4)[nH]c(=O)c3s2)cc1. The number of para-hydroxylation sites is 1. The summed E-state index contributed by atoms with van der Waals surface area (Å²) < 4.78 is 7.05. The van der Waals surface area contributed by atoms with E-state index in [9.17, 15) is 4.79 Å². The highest BCUT2D eigenvalue weighted by Gasteiger charge is 2.18. The highest BCUT2D eigenvalue weighted by Crippen LogP contribution is 2.32. The first-order valence-electron chi connectivity index (χ1n) is 10.2. The predicted octanol–water partition coefficient (Wildman–Crippen LogP) is 5.46. The lowest BCUT2D eigenvalue weighted by Crippen LogP contribution is -2.24. The number of rotatable bonds is 6. The molecule has 0 saturated carbocycles. The molecule has 3 aromatic heterocycles. The minimum atomic E-state index is -0.101. The quantitative estimate of drug-likeness (QED) is 0.363. The van der Waals surface area contributed by atoms with Crippen LogP contribution in [-0.4, -0.2) is 34.0 Å². The van der Waals surface area contributed by atoms with Crippen molar-refractivity contribution in [1.82, 2.24) is 19.9 Å². The highest BCUT2D eigenvalue weighted by molar-refractivity contribution is 7.22. The second kappa shape index (κ2) is 8.46. The molecule has 0 spiro atoms. The van der Waals surface area contributed by atoms with Crippen LogP contribution in [0.1, 0.15) is 23.8 Å². The molecule has 0 aliphatic rings. The number of nitrogens with zero attached hydrogens (tertiary/aromatic N) is 3. The number of hydrogen-bond acceptors (Lipinski definition) is 7. The lowest BCUT2D eigenvalue weighted by Gasteiger charge is -2.22. The second-order valence-corrected chi connectivity index (χ2v) is 9.79. The molecule has 32 heavy (non-hydrogen) atoms. The molecular weight excluding hydrogens is 440 g/mol. The molecule has 0 bridgehead atoms. The van der Waals surface area contributed by atoms with Gasteiger partial charge in [0.2, 0.25) is 0 Å². The monoisotopic (exact) mass is 462 g/mol. The van der Waals surface area contributed by atoms with Crippen molar-refractivity contribution in [1.29, 1.82) is 0 Å². The summed E-state index contributed by atoms with van der Waals surface area (Å²) in [6.07, 6.45) is 0. The van der Waals surface area contributed by atoms with Gasteiger partial charge >= 0.3 is 0 Å². The van der Waals surface area contributed by atoms with E-state index in [0.29, 0.717) is 17.1 Å². The summed E-state index contributed by atoms with van der Waals surface area (Å²) in [5.74, 6) is 1.45. The van der Waals surface area contributed by atoms with Crippen LogP contribution in [-0.2, 0) is 6.54 Å². The number of thiazole rings is 1. The van der Waals surface area contributed by atoms with Gasteiger partial charge < -0.3 is 9.72 Å². The van der Waals surface area contributed by atoms with Crippen molar-refractivity contribution in [3.05, 3.63) is 75.8 Å². The molecule has 0 saturated heterocycles. The number of aromatic amines is 1. The van der Waals surface area contributed by atoms with Gasteiger partial charge in [0.05, 0.1) is 35.4 Å². The lowest BCUT2D eigenvalue weighted by molar-refractivity contribution is 0.246. The topological polar surface area (TPSA) is 71.1 Å². The molecule has 0 aliphatic carbocycles. The van der Waals surface area contributed by atoms with Crippen molar-refractivity contribution in [3.8, 4) is 16.2 Å². The average Bonchev–Trinajstić information content (AvgIpc) is 3.43. The zero-order chi connectivity index (χ0) is 22.2. The minimum absolute atomic E-state index is 0.101. The standard InChI is InChI=1S/C24H22N4O2S2/c1-14(24-26-17-6-4-5-7-19(17)32-24)28(2)13-21-25-18-12-20(31-22(18)23(29)27-21)15-8-10-16(30-3)11-9-15/h4-12,14H,13H2,1-3H3,(H,25,27,29). The van der Waals surface area contributed by atoms with Crippen LogP contribution >= 0.6 is 22.7 Å². The number of fused-ring (bicyclic) bond motifs is 2. The Morgan fingerprint density at radius 3 is 2.59 bits per heavy atom. The third-order valence-electron chi connectivity index (χ3n) is 5.53. The Morgan fingerprint density at radius 2 is 1.84 bits per heavy atom. The van der Waals surface area contributed by atoms with Crippen molar-refractivity contribution < 1.29 is 4.74 Å². The zero-order valence-electron chi connectivity index (χ0n) is 18.0. The number of H-pyrrole nitrogens is 1. The third-order valence-corrected chi connectivity index (χ3v) is 7.91. The Morgan fingerprint density at radius 1 is 1.06 bits per heavy atom. The number of methoxy groups -OCH3 is 1. The summed E-state index contributed by atoms with van der Waals surface area (Å²) in [5, 5.41) is 1.05. The van der Waals surface area contributed by atoms with E-state index in [-0.39, 0.29) is 11.6 Å². The predicted molar refractivity (Wildman–Crippen MR) is 132 cm³/mol. The molecule has 1 atom stereocenters. The lowest BCUT2D eigenvalue weighted by atomic mass is 10.2. The maximum absolute atomic E-state index is 12.7. The van der Waals surface area contributed by atoms with Gasteiger partial charge in [-0.25, -0.2) is 9.97 Å². The van der Waals surface area contributed by atoms with E-state index in [1.165, 1.54) is 16.0 Å². The summed E-state index contributed by atoms with van der Waals surface area (Å²) in [5.41, 5.74) is 2.68. The smallest absolute Gasteiger partial charge is 0.268 e. The van der Waals surface area contributed by atoms with Crippen molar-refractivity contribution in [2.45, 2.75) is 19.5 Å². The maximum atomic E-state index is 12.7. The third kappa shape index (κ3) is 3.92. The average molecular weight is 463 g/mol. The van der Waals surface area contributed by atoms with Crippen LogP contribution in [0.3, 0.4) is 0 Å². The number of thiophene rings is 1. The van der Waals surface area contributed by atoms with Crippen molar-refractivity contribution in [2.75, 3.05) is 14.2 Å². The first kappa shape index (κ1) is 20.8. The molecule has 3 heterocycles. The van der Waals surface area contributed by atoms with E-state index in [1.807, 2.05) is 55.6 Å². The molecule has 2 aromatic carbocycles. The van der Waals surface area contributed by atoms with Crippen LogP contribution in [0.5, 0.6) is 5.75 Å². The fraction of sp³-hybridized carbons (Fsp3) is 0.208. The first-order chi connectivity index (χ1) is 15.5.